The molecule has 0 radical (unpaired) electrons. The minimum absolute atomic E-state index is 0.0380. The van der Waals surface area contributed by atoms with Gasteiger partial charge in [-0.25, -0.2) is 0 Å². The third-order valence-electron chi connectivity index (χ3n) is 3.90. The third kappa shape index (κ3) is 4.35. The maximum Gasteiger partial charge on any atom is 0.308 e. The number of nitrogens with zero attached hydrogens (tertiary/aromatic N) is 1. The highest BCUT2D eigenvalue weighted by Gasteiger charge is 2.24. The van der Waals surface area contributed by atoms with Crippen LogP contribution in [0.3, 0.4) is 0 Å². The summed E-state index contributed by atoms with van der Waals surface area (Å²) in [6.45, 7) is 3.17. The van der Waals surface area contributed by atoms with Gasteiger partial charge in [0.2, 0.25) is 0 Å². The SMILES string of the molecule is COC(=O)C1CCN(CCCc2ccccc2)CC1. The zero-order chi connectivity index (χ0) is 13.5. The molecule has 1 fully saturated rings. The Balaban J connectivity index is 1.65. The predicted molar refractivity (Wildman–Crippen MR) is 75.9 cm³/mol. The van der Waals surface area contributed by atoms with E-state index in [2.05, 4.69) is 35.2 Å². The van der Waals surface area contributed by atoms with Crippen LogP contribution in [0.15, 0.2) is 30.3 Å². The smallest absolute Gasteiger partial charge is 0.308 e. The van der Waals surface area contributed by atoms with E-state index in [1.165, 1.54) is 19.1 Å². The van der Waals surface area contributed by atoms with Gasteiger partial charge in [-0.1, -0.05) is 30.3 Å². The Morgan fingerprint density at radius 3 is 2.58 bits per heavy atom. The first kappa shape index (κ1) is 14.1. The van der Waals surface area contributed by atoms with Gasteiger partial charge in [-0.05, 0) is 50.9 Å². The van der Waals surface area contributed by atoms with Crippen LogP contribution in [0.4, 0.5) is 0 Å². The molecule has 1 saturated heterocycles. The summed E-state index contributed by atoms with van der Waals surface area (Å²) < 4.78 is 4.81. The summed E-state index contributed by atoms with van der Waals surface area (Å²) in [6, 6.07) is 10.6. The molecule has 3 nitrogen and oxygen atoms in total. The van der Waals surface area contributed by atoms with Crippen molar-refractivity contribution in [2.45, 2.75) is 25.7 Å². The summed E-state index contributed by atoms with van der Waals surface area (Å²) in [4.78, 5) is 13.9. The molecule has 0 bridgehead atoms. The summed E-state index contributed by atoms with van der Waals surface area (Å²) in [7, 11) is 1.48. The molecule has 1 aromatic rings. The van der Waals surface area contributed by atoms with Crippen molar-refractivity contribution in [2.24, 2.45) is 5.92 Å². The number of likely N-dealkylation sites (tertiary alicyclic amines) is 1. The second-order valence-electron chi connectivity index (χ2n) is 5.23. The van der Waals surface area contributed by atoms with Crippen molar-refractivity contribution >= 4 is 5.97 Å². The summed E-state index contributed by atoms with van der Waals surface area (Å²) >= 11 is 0. The van der Waals surface area contributed by atoms with Crippen molar-refractivity contribution in [1.82, 2.24) is 4.90 Å². The Labute approximate surface area is 115 Å². The second kappa shape index (κ2) is 7.29. The van der Waals surface area contributed by atoms with Crippen molar-refractivity contribution in [2.75, 3.05) is 26.7 Å². The van der Waals surface area contributed by atoms with E-state index in [0.29, 0.717) is 0 Å². The summed E-state index contributed by atoms with van der Waals surface area (Å²) in [6.07, 6.45) is 4.21. The van der Waals surface area contributed by atoms with Gasteiger partial charge in [0.1, 0.15) is 0 Å². The zero-order valence-electron chi connectivity index (χ0n) is 11.7. The van der Waals surface area contributed by atoms with Crippen LogP contribution in [-0.4, -0.2) is 37.6 Å². The fraction of sp³-hybridized carbons (Fsp3) is 0.562. The molecular formula is C16H23NO2. The predicted octanol–water partition coefficient (Wildman–Crippen LogP) is 2.50. The van der Waals surface area contributed by atoms with E-state index >= 15 is 0 Å². The van der Waals surface area contributed by atoms with Crippen LogP contribution in [0.1, 0.15) is 24.8 Å². The fourth-order valence-electron chi connectivity index (χ4n) is 2.71. The van der Waals surface area contributed by atoms with E-state index in [4.69, 9.17) is 4.74 Å². The number of hydrogen-bond acceptors (Lipinski definition) is 3. The number of rotatable bonds is 5. The number of hydrogen-bond donors (Lipinski definition) is 0. The van der Waals surface area contributed by atoms with E-state index in [-0.39, 0.29) is 11.9 Å². The van der Waals surface area contributed by atoms with Gasteiger partial charge < -0.3 is 9.64 Å². The lowest BCUT2D eigenvalue weighted by Gasteiger charge is -2.30. The highest BCUT2D eigenvalue weighted by atomic mass is 16.5. The molecule has 3 heteroatoms. The van der Waals surface area contributed by atoms with E-state index < -0.39 is 0 Å². The van der Waals surface area contributed by atoms with Crippen LogP contribution in [-0.2, 0) is 16.0 Å². The lowest BCUT2D eigenvalue weighted by Crippen LogP contribution is -2.37. The van der Waals surface area contributed by atoms with Crippen molar-refractivity contribution in [1.29, 1.82) is 0 Å². The Bertz CT molecular complexity index is 383. The largest absolute Gasteiger partial charge is 0.469 e. The van der Waals surface area contributed by atoms with Crippen LogP contribution < -0.4 is 0 Å². The van der Waals surface area contributed by atoms with E-state index in [0.717, 1.165) is 38.9 Å². The molecule has 104 valence electrons. The van der Waals surface area contributed by atoms with Gasteiger partial charge in [0.25, 0.3) is 0 Å². The highest BCUT2D eigenvalue weighted by Crippen LogP contribution is 2.18. The van der Waals surface area contributed by atoms with Gasteiger partial charge in [0, 0.05) is 0 Å². The van der Waals surface area contributed by atoms with Crippen LogP contribution in [0.25, 0.3) is 0 Å². The molecule has 0 saturated carbocycles. The number of aryl methyl sites for hydroxylation is 1. The first-order chi connectivity index (χ1) is 9.29. The Hall–Kier alpha value is -1.35. The quantitative estimate of drug-likeness (QED) is 0.763. The molecule has 19 heavy (non-hydrogen) atoms. The van der Waals surface area contributed by atoms with Crippen LogP contribution in [0.5, 0.6) is 0 Å². The standard InChI is InChI=1S/C16H23NO2/c1-19-16(18)15-9-12-17(13-10-15)11-5-8-14-6-3-2-4-7-14/h2-4,6-7,15H,5,8-13H2,1H3. The number of piperidine rings is 1. The van der Waals surface area contributed by atoms with Gasteiger partial charge in [0.15, 0.2) is 0 Å². The Kier molecular flexibility index (Phi) is 5.40. The van der Waals surface area contributed by atoms with Crippen LogP contribution >= 0.6 is 0 Å². The average molecular weight is 261 g/mol. The van der Waals surface area contributed by atoms with Gasteiger partial charge in [-0.2, -0.15) is 0 Å². The summed E-state index contributed by atoms with van der Waals surface area (Å²) in [5, 5.41) is 0. The number of ether oxygens (including phenoxy) is 1. The van der Waals surface area contributed by atoms with Gasteiger partial charge in [-0.3, -0.25) is 4.79 Å². The summed E-state index contributed by atoms with van der Waals surface area (Å²) in [5.41, 5.74) is 1.41. The van der Waals surface area contributed by atoms with E-state index in [9.17, 15) is 4.79 Å². The number of carbonyl (C=O) groups excluding carboxylic acids is 1. The molecule has 0 aromatic heterocycles. The number of carbonyl (C=O) groups is 1. The molecule has 2 rings (SSSR count). The van der Waals surface area contributed by atoms with Crippen molar-refractivity contribution in [3.63, 3.8) is 0 Å². The van der Waals surface area contributed by atoms with Crippen molar-refractivity contribution in [3.05, 3.63) is 35.9 Å². The number of benzene rings is 1. The van der Waals surface area contributed by atoms with Gasteiger partial charge in [-0.15, -0.1) is 0 Å². The minimum atomic E-state index is -0.0380. The van der Waals surface area contributed by atoms with E-state index in [1.807, 2.05) is 0 Å². The molecule has 1 aliphatic heterocycles. The first-order valence-corrected chi connectivity index (χ1v) is 7.13. The van der Waals surface area contributed by atoms with Crippen molar-refractivity contribution < 1.29 is 9.53 Å². The van der Waals surface area contributed by atoms with Crippen molar-refractivity contribution in [3.8, 4) is 0 Å². The molecule has 1 heterocycles. The molecule has 1 aromatic carbocycles. The number of methoxy groups -OCH3 is 1. The normalized spacial score (nSPS) is 17.3. The van der Waals surface area contributed by atoms with Crippen LogP contribution in [0, 0.1) is 5.92 Å². The third-order valence-corrected chi connectivity index (χ3v) is 3.90. The zero-order valence-corrected chi connectivity index (χ0v) is 11.7. The maximum atomic E-state index is 11.4. The van der Waals surface area contributed by atoms with E-state index in [1.54, 1.807) is 0 Å². The second-order valence-corrected chi connectivity index (χ2v) is 5.23. The molecule has 0 atom stereocenters. The maximum absolute atomic E-state index is 11.4. The molecule has 1 aliphatic rings. The molecule has 0 aliphatic carbocycles. The highest BCUT2D eigenvalue weighted by molar-refractivity contribution is 5.72. The molecule has 0 unspecified atom stereocenters. The average Bonchev–Trinajstić information content (AvgIpc) is 2.48. The lowest BCUT2D eigenvalue weighted by atomic mass is 9.97. The van der Waals surface area contributed by atoms with Crippen LogP contribution in [0.2, 0.25) is 0 Å². The fourth-order valence-corrected chi connectivity index (χ4v) is 2.71. The molecular weight excluding hydrogens is 238 g/mol. The molecule has 0 N–H and O–H groups in total. The summed E-state index contributed by atoms with van der Waals surface area (Å²) in [5.74, 6) is 0.0827. The Morgan fingerprint density at radius 1 is 1.26 bits per heavy atom. The first-order valence-electron chi connectivity index (χ1n) is 7.13. The lowest BCUT2D eigenvalue weighted by molar-refractivity contribution is -0.147. The van der Waals surface area contributed by atoms with Gasteiger partial charge >= 0.3 is 5.97 Å². The monoisotopic (exact) mass is 261 g/mol. The minimum Gasteiger partial charge on any atom is -0.469 e. The molecule has 0 amide bonds. The topological polar surface area (TPSA) is 29.5 Å². The Morgan fingerprint density at radius 2 is 1.95 bits per heavy atom. The number of esters is 1. The van der Waals surface area contributed by atoms with Gasteiger partial charge in [0.05, 0.1) is 13.0 Å². The molecule has 0 spiro atoms.